The van der Waals surface area contributed by atoms with Gasteiger partial charge in [0.2, 0.25) is 0 Å². The van der Waals surface area contributed by atoms with E-state index in [0.29, 0.717) is 30.9 Å². The van der Waals surface area contributed by atoms with E-state index in [1.54, 1.807) is 6.07 Å². The van der Waals surface area contributed by atoms with Crippen LogP contribution in [0.5, 0.6) is 11.5 Å². The lowest BCUT2D eigenvalue weighted by Crippen LogP contribution is -2.23. The first-order valence-corrected chi connectivity index (χ1v) is 7.90. The summed E-state index contributed by atoms with van der Waals surface area (Å²) in [5.41, 5.74) is 1.83. The zero-order chi connectivity index (χ0) is 17.4. The molecule has 2 aromatic rings. The summed E-state index contributed by atoms with van der Waals surface area (Å²) in [6.45, 7) is 1.90. The largest absolute Gasteiger partial charge is 0.485 e. The Kier molecular flexibility index (Phi) is 6.63. The van der Waals surface area contributed by atoms with Crippen molar-refractivity contribution in [2.24, 2.45) is 0 Å². The Labute approximate surface area is 141 Å². The van der Waals surface area contributed by atoms with Crippen molar-refractivity contribution in [2.75, 3.05) is 6.61 Å². The summed E-state index contributed by atoms with van der Waals surface area (Å²) >= 11 is 0. The van der Waals surface area contributed by atoms with Crippen molar-refractivity contribution in [3.05, 3.63) is 59.7 Å². The molecule has 1 atom stereocenters. The van der Waals surface area contributed by atoms with Crippen molar-refractivity contribution in [3.63, 3.8) is 0 Å². The highest BCUT2D eigenvalue weighted by molar-refractivity contribution is 5.72. The van der Waals surface area contributed by atoms with Gasteiger partial charge in [0.25, 0.3) is 0 Å². The summed E-state index contributed by atoms with van der Waals surface area (Å²) in [4.78, 5) is 11.1. The van der Waals surface area contributed by atoms with Crippen molar-refractivity contribution in [1.82, 2.24) is 0 Å². The summed E-state index contributed by atoms with van der Waals surface area (Å²) in [5.74, 6) is -0.111. The molecule has 0 aliphatic heterocycles. The van der Waals surface area contributed by atoms with E-state index in [1.807, 2.05) is 42.5 Å². The molecule has 0 heterocycles. The second-order valence-corrected chi connectivity index (χ2v) is 5.44. The first kappa shape index (κ1) is 17.8. The maximum Gasteiger partial charge on any atom is 0.344 e. The molecule has 0 unspecified atom stereocenters. The van der Waals surface area contributed by atoms with Crippen LogP contribution in [0.4, 0.5) is 0 Å². The van der Waals surface area contributed by atoms with Crippen LogP contribution in [0.1, 0.15) is 24.5 Å². The monoisotopic (exact) mass is 330 g/mol. The SMILES string of the molecule is C[C@@H](Oc1c(CCCO)cccc1OCc1ccccc1)C(=O)O. The van der Waals surface area contributed by atoms with E-state index in [9.17, 15) is 4.79 Å². The molecule has 24 heavy (non-hydrogen) atoms. The van der Waals surface area contributed by atoms with Crippen LogP contribution in [0.15, 0.2) is 48.5 Å². The van der Waals surface area contributed by atoms with Crippen LogP contribution in [-0.4, -0.2) is 28.9 Å². The van der Waals surface area contributed by atoms with Gasteiger partial charge in [-0.05, 0) is 37.0 Å². The zero-order valence-electron chi connectivity index (χ0n) is 13.6. The van der Waals surface area contributed by atoms with Crippen molar-refractivity contribution in [3.8, 4) is 11.5 Å². The minimum absolute atomic E-state index is 0.0586. The third-order valence-corrected chi connectivity index (χ3v) is 3.54. The van der Waals surface area contributed by atoms with Gasteiger partial charge in [0.05, 0.1) is 0 Å². The quantitative estimate of drug-likeness (QED) is 0.739. The van der Waals surface area contributed by atoms with Crippen LogP contribution in [0, 0.1) is 0 Å². The Balaban J connectivity index is 2.22. The number of aliphatic hydroxyl groups excluding tert-OH is 1. The summed E-state index contributed by atoms with van der Waals surface area (Å²) in [6.07, 6.45) is 0.167. The topological polar surface area (TPSA) is 76.0 Å². The van der Waals surface area contributed by atoms with Gasteiger partial charge in [-0.1, -0.05) is 42.5 Å². The van der Waals surface area contributed by atoms with Gasteiger partial charge in [0.15, 0.2) is 17.6 Å². The van der Waals surface area contributed by atoms with Crippen LogP contribution in [0.2, 0.25) is 0 Å². The molecule has 0 saturated heterocycles. The summed E-state index contributed by atoms with van der Waals surface area (Å²) in [6, 6.07) is 15.2. The fraction of sp³-hybridized carbons (Fsp3) is 0.316. The molecule has 5 heteroatoms. The summed E-state index contributed by atoms with van der Waals surface area (Å²) < 4.78 is 11.5. The number of carboxylic acid groups (broad SMARTS) is 1. The van der Waals surface area contributed by atoms with Gasteiger partial charge < -0.3 is 19.7 Å². The van der Waals surface area contributed by atoms with Crippen molar-refractivity contribution >= 4 is 5.97 Å². The smallest absolute Gasteiger partial charge is 0.344 e. The number of aryl methyl sites for hydroxylation is 1. The number of hydrogen-bond donors (Lipinski definition) is 2. The maximum atomic E-state index is 11.1. The fourth-order valence-corrected chi connectivity index (χ4v) is 2.24. The highest BCUT2D eigenvalue weighted by Gasteiger charge is 2.18. The van der Waals surface area contributed by atoms with E-state index in [0.717, 1.165) is 11.1 Å². The molecule has 5 nitrogen and oxygen atoms in total. The van der Waals surface area contributed by atoms with Crippen molar-refractivity contribution in [2.45, 2.75) is 32.5 Å². The molecule has 0 spiro atoms. The van der Waals surface area contributed by atoms with Gasteiger partial charge in [-0.15, -0.1) is 0 Å². The van der Waals surface area contributed by atoms with Gasteiger partial charge >= 0.3 is 5.97 Å². The number of benzene rings is 2. The Bertz CT molecular complexity index is 654. The Morgan fingerprint density at radius 3 is 2.54 bits per heavy atom. The van der Waals surface area contributed by atoms with Gasteiger partial charge in [-0.3, -0.25) is 0 Å². The first-order chi connectivity index (χ1) is 11.6. The third-order valence-electron chi connectivity index (χ3n) is 3.54. The molecular weight excluding hydrogens is 308 g/mol. The number of aliphatic hydroxyl groups is 1. The van der Waals surface area contributed by atoms with E-state index >= 15 is 0 Å². The number of para-hydroxylation sites is 1. The van der Waals surface area contributed by atoms with Crippen LogP contribution < -0.4 is 9.47 Å². The lowest BCUT2D eigenvalue weighted by Gasteiger charge is -2.18. The molecule has 0 aliphatic carbocycles. The molecule has 0 aromatic heterocycles. The third kappa shape index (κ3) is 4.99. The van der Waals surface area contributed by atoms with Crippen LogP contribution in [-0.2, 0) is 17.8 Å². The second kappa shape index (κ2) is 8.93. The average molecular weight is 330 g/mol. The normalized spacial score (nSPS) is 11.8. The van der Waals surface area contributed by atoms with Crippen LogP contribution in [0.25, 0.3) is 0 Å². The average Bonchev–Trinajstić information content (AvgIpc) is 2.60. The zero-order valence-corrected chi connectivity index (χ0v) is 13.6. The molecule has 2 N–H and O–H groups in total. The van der Waals surface area contributed by atoms with E-state index < -0.39 is 12.1 Å². The summed E-state index contributed by atoms with van der Waals surface area (Å²) in [7, 11) is 0. The molecule has 0 bridgehead atoms. The van der Waals surface area contributed by atoms with Crippen molar-refractivity contribution in [1.29, 1.82) is 0 Å². The Morgan fingerprint density at radius 2 is 1.88 bits per heavy atom. The highest BCUT2D eigenvalue weighted by atomic mass is 16.5. The van der Waals surface area contributed by atoms with E-state index in [1.165, 1.54) is 6.92 Å². The molecule has 0 aliphatic rings. The van der Waals surface area contributed by atoms with Gasteiger partial charge in [0, 0.05) is 6.61 Å². The second-order valence-electron chi connectivity index (χ2n) is 5.44. The van der Waals surface area contributed by atoms with Crippen LogP contribution >= 0.6 is 0 Å². The Morgan fingerprint density at radius 1 is 1.12 bits per heavy atom. The van der Waals surface area contributed by atoms with Crippen molar-refractivity contribution < 1.29 is 24.5 Å². The fourth-order valence-electron chi connectivity index (χ4n) is 2.24. The Hall–Kier alpha value is -2.53. The highest BCUT2D eigenvalue weighted by Crippen LogP contribution is 2.33. The lowest BCUT2D eigenvalue weighted by molar-refractivity contribution is -0.144. The standard InChI is InChI=1S/C19H22O5/c1-14(19(21)22)24-18-16(10-6-12-20)9-5-11-17(18)23-13-15-7-3-2-4-8-15/h2-5,7-9,11,14,20H,6,10,12-13H2,1H3,(H,21,22)/t14-/m1/s1. The van der Waals surface area contributed by atoms with Gasteiger partial charge in [0.1, 0.15) is 6.61 Å². The lowest BCUT2D eigenvalue weighted by atomic mass is 10.1. The molecule has 128 valence electrons. The number of aliphatic carboxylic acids is 1. The number of carbonyl (C=O) groups is 1. The van der Waals surface area contributed by atoms with Crippen LogP contribution in [0.3, 0.4) is 0 Å². The van der Waals surface area contributed by atoms with E-state index in [2.05, 4.69) is 0 Å². The minimum atomic E-state index is -1.04. The van der Waals surface area contributed by atoms with Gasteiger partial charge in [-0.25, -0.2) is 4.79 Å². The molecule has 0 radical (unpaired) electrons. The number of carboxylic acids is 1. The summed E-state index contributed by atoms with van der Waals surface area (Å²) in [5, 5.41) is 18.1. The van der Waals surface area contributed by atoms with Gasteiger partial charge in [-0.2, -0.15) is 0 Å². The molecular formula is C19H22O5. The molecule has 0 amide bonds. The number of rotatable bonds is 9. The number of hydrogen-bond acceptors (Lipinski definition) is 4. The predicted molar refractivity (Wildman–Crippen MR) is 90.3 cm³/mol. The van der Waals surface area contributed by atoms with E-state index in [-0.39, 0.29) is 6.61 Å². The first-order valence-electron chi connectivity index (χ1n) is 7.90. The molecule has 2 aromatic carbocycles. The molecule has 2 rings (SSSR count). The maximum absolute atomic E-state index is 11.1. The predicted octanol–water partition coefficient (Wildman–Crippen LogP) is 3.04. The minimum Gasteiger partial charge on any atom is -0.485 e. The molecule has 0 saturated carbocycles. The molecule has 0 fully saturated rings. The van der Waals surface area contributed by atoms with E-state index in [4.69, 9.17) is 19.7 Å². The number of ether oxygens (including phenoxy) is 2.